The van der Waals surface area contributed by atoms with E-state index in [1.165, 1.54) is 22.3 Å². The number of allylic oxidation sites excluding steroid dienone is 4. The molecule has 0 atom stereocenters. The highest BCUT2D eigenvalue weighted by Gasteiger charge is 2.07. The van der Waals surface area contributed by atoms with Crippen LogP contribution < -0.4 is 0 Å². The first-order valence-electron chi connectivity index (χ1n) is 10.3. The van der Waals surface area contributed by atoms with Gasteiger partial charge < -0.3 is 0 Å². The van der Waals surface area contributed by atoms with Crippen molar-refractivity contribution in [3.8, 4) is 33.6 Å². The molecule has 4 aromatic rings. The van der Waals surface area contributed by atoms with Crippen molar-refractivity contribution in [1.29, 1.82) is 0 Å². The van der Waals surface area contributed by atoms with Crippen molar-refractivity contribution in [1.82, 2.24) is 9.97 Å². The predicted octanol–water partition coefficient (Wildman–Crippen LogP) is 7.21. The Labute approximate surface area is 177 Å². The van der Waals surface area contributed by atoms with Gasteiger partial charge >= 0.3 is 0 Å². The number of nitrogens with zero attached hydrogens (tertiary/aromatic N) is 2. The van der Waals surface area contributed by atoms with Gasteiger partial charge in [-0.15, -0.1) is 0 Å². The molecular weight excluding hydrogens is 364 g/mol. The molecule has 0 amide bonds. The van der Waals surface area contributed by atoms with Crippen LogP contribution in [-0.4, -0.2) is 9.97 Å². The van der Waals surface area contributed by atoms with Crippen LogP contribution in [0, 0.1) is 0 Å². The molecule has 0 unspecified atom stereocenters. The number of benzene rings is 3. The first-order valence-corrected chi connectivity index (χ1v) is 10.3. The van der Waals surface area contributed by atoms with E-state index in [9.17, 15) is 0 Å². The summed E-state index contributed by atoms with van der Waals surface area (Å²) in [5.41, 5.74) is 9.03. The largest absolute Gasteiger partial charge is 0.236 e. The lowest BCUT2D eigenvalue weighted by atomic mass is 9.98. The van der Waals surface area contributed by atoms with Crippen molar-refractivity contribution in [2.75, 3.05) is 0 Å². The number of hydrogen-bond donors (Lipinski definition) is 0. The van der Waals surface area contributed by atoms with Gasteiger partial charge in [0, 0.05) is 11.1 Å². The standard InChI is InChI=1S/C28H22N2/c1-3-7-21(8-4-1)23-11-15-25(16-12-23)27-19-28(30-20-29-27)26-17-13-24(14-18-26)22-9-5-2-6-10-22/h1,3-5,7-20H,2,6H2. The molecule has 1 aromatic heterocycles. The third kappa shape index (κ3) is 3.85. The summed E-state index contributed by atoms with van der Waals surface area (Å²) >= 11 is 0. The van der Waals surface area contributed by atoms with E-state index in [1.807, 2.05) is 6.07 Å². The zero-order valence-corrected chi connectivity index (χ0v) is 16.7. The van der Waals surface area contributed by atoms with Crippen molar-refractivity contribution in [2.45, 2.75) is 12.8 Å². The van der Waals surface area contributed by atoms with Gasteiger partial charge in [0.25, 0.3) is 0 Å². The maximum absolute atomic E-state index is 4.50. The zero-order valence-electron chi connectivity index (χ0n) is 16.7. The Morgan fingerprint density at radius 1 is 0.533 bits per heavy atom. The van der Waals surface area contributed by atoms with Crippen LogP contribution in [-0.2, 0) is 0 Å². The van der Waals surface area contributed by atoms with Gasteiger partial charge in [0.15, 0.2) is 0 Å². The van der Waals surface area contributed by atoms with Gasteiger partial charge in [-0.3, -0.25) is 0 Å². The number of aromatic nitrogens is 2. The number of hydrogen-bond acceptors (Lipinski definition) is 2. The van der Waals surface area contributed by atoms with Gasteiger partial charge in [-0.05, 0) is 41.2 Å². The van der Waals surface area contributed by atoms with E-state index in [1.54, 1.807) is 6.33 Å². The Balaban J connectivity index is 1.40. The van der Waals surface area contributed by atoms with Crippen molar-refractivity contribution in [2.24, 2.45) is 0 Å². The van der Waals surface area contributed by atoms with E-state index in [4.69, 9.17) is 0 Å². The maximum atomic E-state index is 4.50. The second-order valence-corrected chi connectivity index (χ2v) is 7.45. The lowest BCUT2D eigenvalue weighted by molar-refractivity contribution is 1.04. The monoisotopic (exact) mass is 386 g/mol. The summed E-state index contributed by atoms with van der Waals surface area (Å²) in [6.45, 7) is 0. The number of rotatable bonds is 4. The van der Waals surface area contributed by atoms with Gasteiger partial charge in [-0.25, -0.2) is 9.97 Å². The van der Waals surface area contributed by atoms with E-state index in [2.05, 4.69) is 107 Å². The van der Waals surface area contributed by atoms with Gasteiger partial charge in [0.2, 0.25) is 0 Å². The van der Waals surface area contributed by atoms with E-state index in [-0.39, 0.29) is 0 Å². The minimum Gasteiger partial charge on any atom is -0.236 e. The minimum absolute atomic E-state index is 0.932. The fraction of sp³-hybridized carbons (Fsp3) is 0.0714. The van der Waals surface area contributed by atoms with Gasteiger partial charge in [0.1, 0.15) is 6.33 Å². The molecule has 0 saturated heterocycles. The average molecular weight is 386 g/mol. The smallest absolute Gasteiger partial charge is 0.116 e. The van der Waals surface area contributed by atoms with Crippen LogP contribution in [0.5, 0.6) is 0 Å². The normalized spacial score (nSPS) is 13.1. The zero-order chi connectivity index (χ0) is 20.2. The summed E-state index contributed by atoms with van der Waals surface area (Å²) in [6, 6.07) is 29.6. The highest BCUT2D eigenvalue weighted by molar-refractivity contribution is 5.77. The second-order valence-electron chi connectivity index (χ2n) is 7.45. The van der Waals surface area contributed by atoms with Crippen LogP contribution >= 0.6 is 0 Å². The van der Waals surface area contributed by atoms with Gasteiger partial charge in [-0.2, -0.15) is 0 Å². The fourth-order valence-corrected chi connectivity index (χ4v) is 3.80. The lowest BCUT2D eigenvalue weighted by Gasteiger charge is -2.09. The van der Waals surface area contributed by atoms with Gasteiger partial charge in [0.05, 0.1) is 11.4 Å². The van der Waals surface area contributed by atoms with Crippen LogP contribution in [0.15, 0.2) is 109 Å². The van der Waals surface area contributed by atoms with E-state index in [0.29, 0.717) is 0 Å². The minimum atomic E-state index is 0.932. The molecule has 1 aliphatic carbocycles. The molecule has 0 radical (unpaired) electrons. The highest BCUT2D eigenvalue weighted by Crippen LogP contribution is 2.28. The Hall–Kier alpha value is -3.78. The second kappa shape index (κ2) is 8.30. The summed E-state index contributed by atoms with van der Waals surface area (Å²) in [5, 5.41) is 0. The summed E-state index contributed by atoms with van der Waals surface area (Å²) < 4.78 is 0. The van der Waals surface area contributed by atoms with Crippen LogP contribution in [0.2, 0.25) is 0 Å². The van der Waals surface area contributed by atoms with Crippen molar-refractivity contribution in [3.05, 3.63) is 115 Å². The molecule has 5 rings (SSSR count). The Morgan fingerprint density at radius 3 is 1.70 bits per heavy atom. The topological polar surface area (TPSA) is 25.8 Å². The lowest BCUT2D eigenvalue weighted by Crippen LogP contribution is -1.91. The predicted molar refractivity (Wildman–Crippen MR) is 125 cm³/mol. The summed E-state index contributed by atoms with van der Waals surface area (Å²) in [4.78, 5) is 9.00. The Kier molecular flexibility index (Phi) is 5.05. The Morgan fingerprint density at radius 2 is 1.10 bits per heavy atom. The molecule has 0 N–H and O–H groups in total. The first-order chi connectivity index (χ1) is 14.9. The molecule has 0 saturated carbocycles. The quantitative estimate of drug-likeness (QED) is 0.370. The van der Waals surface area contributed by atoms with E-state index < -0.39 is 0 Å². The third-order valence-corrected chi connectivity index (χ3v) is 5.46. The molecule has 0 aliphatic heterocycles. The Bertz CT molecular complexity index is 1200. The summed E-state index contributed by atoms with van der Waals surface area (Å²) in [6.07, 6.45) is 10.7. The summed E-state index contributed by atoms with van der Waals surface area (Å²) in [5.74, 6) is 0. The van der Waals surface area contributed by atoms with Crippen molar-refractivity contribution < 1.29 is 0 Å². The SMILES string of the molecule is C1=CC(c2ccc(-c3cc(-c4ccc(-c5ccccc5)cc4)ncn3)cc2)=CCC1. The van der Waals surface area contributed by atoms with Gasteiger partial charge in [-0.1, -0.05) is 97.1 Å². The molecule has 0 spiro atoms. The molecule has 144 valence electrons. The van der Waals surface area contributed by atoms with Crippen LogP contribution in [0.4, 0.5) is 0 Å². The van der Waals surface area contributed by atoms with Crippen LogP contribution in [0.3, 0.4) is 0 Å². The molecule has 1 aliphatic rings. The molecule has 30 heavy (non-hydrogen) atoms. The first kappa shape index (κ1) is 18.3. The summed E-state index contributed by atoms with van der Waals surface area (Å²) in [7, 11) is 0. The third-order valence-electron chi connectivity index (χ3n) is 5.46. The molecule has 2 nitrogen and oxygen atoms in total. The molecule has 2 heteroatoms. The van der Waals surface area contributed by atoms with Crippen LogP contribution in [0.25, 0.3) is 39.2 Å². The fourth-order valence-electron chi connectivity index (χ4n) is 3.80. The van der Waals surface area contributed by atoms with E-state index >= 15 is 0 Å². The average Bonchev–Trinajstić information content (AvgIpc) is 2.85. The highest BCUT2D eigenvalue weighted by atomic mass is 14.8. The van der Waals surface area contributed by atoms with Crippen molar-refractivity contribution in [3.63, 3.8) is 0 Å². The maximum Gasteiger partial charge on any atom is 0.116 e. The molecule has 3 aromatic carbocycles. The van der Waals surface area contributed by atoms with E-state index in [0.717, 1.165) is 35.4 Å². The molecule has 0 fully saturated rings. The van der Waals surface area contributed by atoms with Crippen LogP contribution in [0.1, 0.15) is 18.4 Å². The molecule has 1 heterocycles. The molecular formula is C28H22N2. The van der Waals surface area contributed by atoms with Crippen molar-refractivity contribution >= 4 is 5.57 Å². The molecule has 0 bridgehead atoms.